The highest BCUT2D eigenvalue weighted by Crippen LogP contribution is 2.14. The average molecular weight is 262 g/mol. The first-order valence-electron chi connectivity index (χ1n) is 6.09. The summed E-state index contributed by atoms with van der Waals surface area (Å²) in [5.74, 6) is -0.0282. The number of hydrogen-bond donors (Lipinski definition) is 2. The average Bonchev–Trinajstić information content (AvgIpc) is 2.82. The Morgan fingerprint density at radius 1 is 1.44 bits per heavy atom. The van der Waals surface area contributed by atoms with Gasteiger partial charge in [-0.3, -0.25) is 4.79 Å². The number of hydrogen-bond acceptors (Lipinski definition) is 2. The number of nitrogens with one attached hydrogen (secondary N) is 2. The van der Waals surface area contributed by atoms with Gasteiger partial charge in [-0.15, -0.1) is 0 Å². The standard InChI is InChI=1S/C14H18N2OS/c1-10(18-2)7-8-15-14(17)13-9-11-5-3-4-6-12(11)16-13/h3-6,9-10,16H,7-8H2,1-2H3,(H,15,17). The second-order valence-electron chi connectivity index (χ2n) is 4.36. The summed E-state index contributed by atoms with van der Waals surface area (Å²) in [6.45, 7) is 2.88. The molecule has 0 saturated carbocycles. The van der Waals surface area contributed by atoms with Crippen LogP contribution < -0.4 is 5.32 Å². The molecule has 2 rings (SSSR count). The van der Waals surface area contributed by atoms with Gasteiger partial charge in [0.05, 0.1) is 0 Å². The Balaban J connectivity index is 1.96. The highest BCUT2D eigenvalue weighted by molar-refractivity contribution is 7.99. The number of fused-ring (bicyclic) bond motifs is 1. The minimum absolute atomic E-state index is 0.0282. The van der Waals surface area contributed by atoms with E-state index >= 15 is 0 Å². The van der Waals surface area contributed by atoms with Crippen LogP contribution in [-0.4, -0.2) is 28.9 Å². The van der Waals surface area contributed by atoms with E-state index in [4.69, 9.17) is 0 Å². The van der Waals surface area contributed by atoms with Crippen LogP contribution in [0.4, 0.5) is 0 Å². The van der Waals surface area contributed by atoms with Gasteiger partial charge in [0.1, 0.15) is 5.69 Å². The Labute approximate surface area is 111 Å². The van der Waals surface area contributed by atoms with E-state index < -0.39 is 0 Å². The predicted octanol–water partition coefficient (Wildman–Crippen LogP) is 3.04. The van der Waals surface area contributed by atoms with Crippen LogP contribution in [0.15, 0.2) is 30.3 Å². The fourth-order valence-electron chi connectivity index (χ4n) is 1.80. The zero-order valence-electron chi connectivity index (χ0n) is 10.7. The topological polar surface area (TPSA) is 44.9 Å². The maximum Gasteiger partial charge on any atom is 0.267 e. The third-order valence-electron chi connectivity index (χ3n) is 3.01. The number of aromatic amines is 1. The van der Waals surface area contributed by atoms with Gasteiger partial charge in [0.15, 0.2) is 0 Å². The second kappa shape index (κ2) is 5.96. The molecule has 0 aliphatic heterocycles. The summed E-state index contributed by atoms with van der Waals surface area (Å²) < 4.78 is 0. The van der Waals surface area contributed by atoms with Crippen molar-refractivity contribution in [3.05, 3.63) is 36.0 Å². The number of amides is 1. The predicted molar refractivity (Wildman–Crippen MR) is 78.2 cm³/mol. The summed E-state index contributed by atoms with van der Waals surface area (Å²) in [6, 6.07) is 9.79. The number of aromatic nitrogens is 1. The van der Waals surface area contributed by atoms with Crippen LogP contribution in [0.25, 0.3) is 10.9 Å². The fourth-order valence-corrected chi connectivity index (χ4v) is 2.15. The van der Waals surface area contributed by atoms with Crippen LogP contribution in [0, 0.1) is 0 Å². The molecule has 0 aliphatic rings. The summed E-state index contributed by atoms with van der Waals surface area (Å²) >= 11 is 1.82. The molecular formula is C14H18N2OS. The van der Waals surface area contributed by atoms with Crippen molar-refractivity contribution in [2.75, 3.05) is 12.8 Å². The van der Waals surface area contributed by atoms with E-state index in [1.807, 2.05) is 42.1 Å². The second-order valence-corrected chi connectivity index (χ2v) is 5.64. The minimum Gasteiger partial charge on any atom is -0.351 e. The molecule has 1 atom stereocenters. The molecule has 1 aromatic heterocycles. The number of carbonyl (C=O) groups excluding carboxylic acids is 1. The summed E-state index contributed by atoms with van der Waals surface area (Å²) in [7, 11) is 0. The molecular weight excluding hydrogens is 244 g/mol. The van der Waals surface area contributed by atoms with E-state index in [0.717, 1.165) is 23.9 Å². The van der Waals surface area contributed by atoms with Crippen molar-refractivity contribution in [3.63, 3.8) is 0 Å². The zero-order valence-corrected chi connectivity index (χ0v) is 11.5. The van der Waals surface area contributed by atoms with Crippen LogP contribution in [0.2, 0.25) is 0 Å². The molecule has 0 fully saturated rings. The van der Waals surface area contributed by atoms with Crippen LogP contribution in [0.3, 0.4) is 0 Å². The fraction of sp³-hybridized carbons (Fsp3) is 0.357. The molecule has 3 nitrogen and oxygen atoms in total. The first-order chi connectivity index (χ1) is 8.70. The monoisotopic (exact) mass is 262 g/mol. The smallest absolute Gasteiger partial charge is 0.267 e. The quantitative estimate of drug-likeness (QED) is 0.870. The summed E-state index contributed by atoms with van der Waals surface area (Å²) in [4.78, 5) is 15.1. The van der Waals surface area contributed by atoms with Gasteiger partial charge in [0.2, 0.25) is 0 Å². The van der Waals surface area contributed by atoms with E-state index in [1.54, 1.807) is 0 Å². The normalized spacial score (nSPS) is 12.6. The Morgan fingerprint density at radius 2 is 2.22 bits per heavy atom. The Kier molecular flexibility index (Phi) is 4.31. The number of H-pyrrole nitrogens is 1. The van der Waals surface area contributed by atoms with Crippen LogP contribution in [0.5, 0.6) is 0 Å². The van der Waals surface area contributed by atoms with Gasteiger partial charge < -0.3 is 10.3 Å². The van der Waals surface area contributed by atoms with Crippen molar-refractivity contribution >= 4 is 28.6 Å². The molecule has 1 unspecified atom stereocenters. The number of thioether (sulfide) groups is 1. The van der Waals surface area contributed by atoms with E-state index in [1.165, 1.54) is 0 Å². The molecule has 0 aliphatic carbocycles. The molecule has 1 amide bonds. The molecule has 18 heavy (non-hydrogen) atoms. The third kappa shape index (κ3) is 3.07. The van der Waals surface area contributed by atoms with Crippen molar-refractivity contribution in [1.29, 1.82) is 0 Å². The molecule has 1 aromatic carbocycles. The first kappa shape index (κ1) is 13.0. The van der Waals surface area contributed by atoms with Gasteiger partial charge in [0.25, 0.3) is 5.91 Å². The Bertz CT molecular complexity index is 502. The molecule has 2 aromatic rings. The number of rotatable bonds is 5. The van der Waals surface area contributed by atoms with Gasteiger partial charge in [-0.1, -0.05) is 25.1 Å². The van der Waals surface area contributed by atoms with Gasteiger partial charge in [-0.2, -0.15) is 11.8 Å². The summed E-state index contributed by atoms with van der Waals surface area (Å²) in [5.41, 5.74) is 1.63. The van der Waals surface area contributed by atoms with Crippen LogP contribution in [-0.2, 0) is 0 Å². The van der Waals surface area contributed by atoms with Crippen molar-refractivity contribution in [2.24, 2.45) is 0 Å². The molecule has 0 saturated heterocycles. The van der Waals surface area contributed by atoms with Gasteiger partial charge in [0, 0.05) is 22.7 Å². The van der Waals surface area contributed by atoms with Crippen molar-refractivity contribution in [2.45, 2.75) is 18.6 Å². The first-order valence-corrected chi connectivity index (χ1v) is 7.38. The van der Waals surface area contributed by atoms with Gasteiger partial charge in [-0.25, -0.2) is 0 Å². The van der Waals surface area contributed by atoms with Gasteiger partial charge >= 0.3 is 0 Å². The van der Waals surface area contributed by atoms with Crippen molar-refractivity contribution < 1.29 is 4.79 Å². The molecule has 2 N–H and O–H groups in total. The molecule has 0 spiro atoms. The third-order valence-corrected chi connectivity index (χ3v) is 4.05. The summed E-state index contributed by atoms with van der Waals surface area (Å²) in [5, 5.41) is 4.59. The van der Waals surface area contributed by atoms with Crippen molar-refractivity contribution in [1.82, 2.24) is 10.3 Å². The van der Waals surface area contributed by atoms with Crippen LogP contribution >= 0.6 is 11.8 Å². The Hall–Kier alpha value is -1.42. The molecule has 96 valence electrons. The molecule has 1 heterocycles. The largest absolute Gasteiger partial charge is 0.351 e. The highest BCUT2D eigenvalue weighted by Gasteiger charge is 2.09. The highest BCUT2D eigenvalue weighted by atomic mass is 32.2. The van der Waals surface area contributed by atoms with E-state index in [0.29, 0.717) is 10.9 Å². The molecule has 0 bridgehead atoms. The SMILES string of the molecule is CSC(C)CCNC(=O)c1cc2ccccc2[nH]1. The number of para-hydroxylation sites is 1. The minimum atomic E-state index is -0.0282. The lowest BCUT2D eigenvalue weighted by Crippen LogP contribution is -2.26. The Morgan fingerprint density at radius 3 is 2.94 bits per heavy atom. The van der Waals surface area contributed by atoms with E-state index in [2.05, 4.69) is 23.5 Å². The van der Waals surface area contributed by atoms with E-state index in [9.17, 15) is 4.79 Å². The molecule has 4 heteroatoms. The van der Waals surface area contributed by atoms with Gasteiger partial charge in [-0.05, 0) is 24.8 Å². The summed E-state index contributed by atoms with van der Waals surface area (Å²) in [6.07, 6.45) is 3.08. The molecule has 0 radical (unpaired) electrons. The number of carbonyl (C=O) groups is 1. The lowest BCUT2D eigenvalue weighted by molar-refractivity contribution is 0.0949. The van der Waals surface area contributed by atoms with Crippen LogP contribution in [0.1, 0.15) is 23.8 Å². The number of benzene rings is 1. The zero-order chi connectivity index (χ0) is 13.0. The lowest BCUT2D eigenvalue weighted by Gasteiger charge is -2.08. The maximum absolute atomic E-state index is 11.9. The van der Waals surface area contributed by atoms with E-state index in [-0.39, 0.29) is 5.91 Å². The maximum atomic E-state index is 11.9. The lowest BCUT2D eigenvalue weighted by atomic mass is 10.2. The van der Waals surface area contributed by atoms with Crippen molar-refractivity contribution in [3.8, 4) is 0 Å².